The standard InChI is InChI=1S/C17H23NOS/c1-20-15-9-7-14(8-10-15)17(19)12-18-11-3-5-13-4-2-6-16(13)18/h7-10,13,16H,2-6,11-12H2,1H3. The number of carbonyl (C=O) groups is 1. The van der Waals surface area contributed by atoms with E-state index in [1.165, 1.54) is 37.0 Å². The molecule has 1 heterocycles. The zero-order valence-electron chi connectivity index (χ0n) is 12.2. The molecule has 0 spiro atoms. The van der Waals surface area contributed by atoms with Crippen LogP contribution >= 0.6 is 11.8 Å². The van der Waals surface area contributed by atoms with Crippen LogP contribution < -0.4 is 0 Å². The number of benzene rings is 1. The molecule has 0 aromatic heterocycles. The number of hydrogen-bond acceptors (Lipinski definition) is 3. The third-order valence-corrected chi connectivity index (χ3v) is 5.61. The van der Waals surface area contributed by atoms with Crippen LogP contribution in [0, 0.1) is 5.92 Å². The van der Waals surface area contributed by atoms with Crippen LogP contribution in [0.1, 0.15) is 42.5 Å². The van der Waals surface area contributed by atoms with E-state index in [9.17, 15) is 4.79 Å². The highest BCUT2D eigenvalue weighted by molar-refractivity contribution is 7.98. The maximum atomic E-state index is 12.5. The summed E-state index contributed by atoms with van der Waals surface area (Å²) in [7, 11) is 0. The van der Waals surface area contributed by atoms with Crippen LogP contribution in [0.4, 0.5) is 0 Å². The minimum absolute atomic E-state index is 0.283. The predicted octanol–water partition coefficient (Wildman–Crippen LogP) is 3.86. The van der Waals surface area contributed by atoms with Crippen molar-refractivity contribution in [3.63, 3.8) is 0 Å². The van der Waals surface area contributed by atoms with Gasteiger partial charge in [0.05, 0.1) is 6.54 Å². The number of carbonyl (C=O) groups excluding carboxylic acids is 1. The number of likely N-dealkylation sites (tertiary alicyclic amines) is 1. The Morgan fingerprint density at radius 3 is 2.70 bits per heavy atom. The van der Waals surface area contributed by atoms with Crippen molar-refractivity contribution in [2.24, 2.45) is 5.92 Å². The minimum atomic E-state index is 0.283. The molecule has 0 bridgehead atoms. The van der Waals surface area contributed by atoms with E-state index in [1.54, 1.807) is 11.8 Å². The highest BCUT2D eigenvalue weighted by Gasteiger charge is 2.35. The average molecular weight is 289 g/mol. The van der Waals surface area contributed by atoms with Crippen molar-refractivity contribution in [3.05, 3.63) is 29.8 Å². The Labute approximate surface area is 125 Å². The van der Waals surface area contributed by atoms with E-state index in [4.69, 9.17) is 0 Å². The topological polar surface area (TPSA) is 20.3 Å². The van der Waals surface area contributed by atoms with Crippen LogP contribution in [0.2, 0.25) is 0 Å². The van der Waals surface area contributed by atoms with Gasteiger partial charge in [0.2, 0.25) is 0 Å². The van der Waals surface area contributed by atoms with Gasteiger partial charge in [-0.25, -0.2) is 0 Å². The lowest BCUT2D eigenvalue weighted by Crippen LogP contribution is -2.45. The zero-order chi connectivity index (χ0) is 13.9. The van der Waals surface area contributed by atoms with Crippen molar-refractivity contribution < 1.29 is 4.79 Å². The molecule has 1 saturated carbocycles. The summed E-state index contributed by atoms with van der Waals surface area (Å²) in [5, 5.41) is 0. The SMILES string of the molecule is CSc1ccc(C(=O)CN2CCCC3CCCC32)cc1. The summed E-state index contributed by atoms with van der Waals surface area (Å²) in [6.45, 7) is 1.72. The normalized spacial score (nSPS) is 26.4. The molecule has 2 fully saturated rings. The number of thioether (sulfide) groups is 1. The lowest BCUT2D eigenvalue weighted by molar-refractivity contribution is 0.0777. The number of rotatable bonds is 4. The number of hydrogen-bond donors (Lipinski definition) is 0. The lowest BCUT2D eigenvalue weighted by Gasteiger charge is -2.37. The molecular formula is C17H23NOS. The van der Waals surface area contributed by atoms with Gasteiger partial charge in [-0.2, -0.15) is 0 Å². The van der Waals surface area contributed by atoms with E-state index in [0.29, 0.717) is 12.6 Å². The van der Waals surface area contributed by atoms with E-state index >= 15 is 0 Å². The van der Waals surface area contributed by atoms with Crippen molar-refractivity contribution in [2.75, 3.05) is 19.3 Å². The second kappa shape index (κ2) is 6.31. The molecule has 3 rings (SSSR count). The van der Waals surface area contributed by atoms with Gasteiger partial charge in [0.15, 0.2) is 5.78 Å². The van der Waals surface area contributed by atoms with Crippen molar-refractivity contribution in [1.82, 2.24) is 4.90 Å². The molecule has 1 aromatic rings. The average Bonchev–Trinajstić information content (AvgIpc) is 2.97. The van der Waals surface area contributed by atoms with E-state index < -0.39 is 0 Å². The molecule has 0 radical (unpaired) electrons. The summed E-state index contributed by atoms with van der Waals surface area (Å²) in [6, 6.07) is 8.73. The van der Waals surface area contributed by atoms with Crippen LogP contribution in [0.5, 0.6) is 0 Å². The first-order valence-corrected chi connectivity index (χ1v) is 8.91. The van der Waals surface area contributed by atoms with Crippen LogP contribution in [0.15, 0.2) is 29.2 Å². The monoisotopic (exact) mass is 289 g/mol. The Bertz CT molecular complexity index is 470. The maximum absolute atomic E-state index is 12.5. The largest absolute Gasteiger partial charge is 0.293 e. The number of ketones is 1. The summed E-state index contributed by atoms with van der Waals surface area (Å²) < 4.78 is 0. The zero-order valence-corrected chi connectivity index (χ0v) is 13.0. The summed E-state index contributed by atoms with van der Waals surface area (Å²) in [4.78, 5) is 16.1. The van der Waals surface area contributed by atoms with Gasteiger partial charge < -0.3 is 0 Å². The Morgan fingerprint density at radius 2 is 1.95 bits per heavy atom. The Balaban J connectivity index is 1.65. The fourth-order valence-corrected chi connectivity index (χ4v) is 4.21. The van der Waals surface area contributed by atoms with Crippen LogP contribution in [-0.4, -0.2) is 36.1 Å². The van der Waals surface area contributed by atoms with Gasteiger partial charge in [0, 0.05) is 16.5 Å². The maximum Gasteiger partial charge on any atom is 0.176 e. The molecule has 2 atom stereocenters. The number of piperidine rings is 1. The molecule has 0 amide bonds. The van der Waals surface area contributed by atoms with E-state index in [-0.39, 0.29) is 5.78 Å². The van der Waals surface area contributed by atoms with Crippen molar-refractivity contribution in [1.29, 1.82) is 0 Å². The van der Waals surface area contributed by atoms with E-state index in [2.05, 4.69) is 11.2 Å². The van der Waals surface area contributed by atoms with E-state index in [1.807, 2.05) is 24.3 Å². The summed E-state index contributed by atoms with van der Waals surface area (Å²) in [6.07, 6.45) is 8.71. The molecule has 1 saturated heterocycles. The molecule has 0 N–H and O–H groups in total. The second-order valence-electron chi connectivity index (χ2n) is 6.02. The molecule has 2 nitrogen and oxygen atoms in total. The Hall–Kier alpha value is -0.800. The second-order valence-corrected chi connectivity index (χ2v) is 6.90. The first-order valence-electron chi connectivity index (χ1n) is 7.69. The van der Waals surface area contributed by atoms with E-state index in [0.717, 1.165) is 18.0 Å². The van der Waals surface area contributed by atoms with Gasteiger partial charge in [-0.3, -0.25) is 9.69 Å². The van der Waals surface area contributed by atoms with Gasteiger partial charge >= 0.3 is 0 Å². The smallest absolute Gasteiger partial charge is 0.176 e. The van der Waals surface area contributed by atoms with Crippen LogP contribution in [0.25, 0.3) is 0 Å². The molecule has 2 aliphatic rings. The highest BCUT2D eigenvalue weighted by atomic mass is 32.2. The predicted molar refractivity (Wildman–Crippen MR) is 84.5 cm³/mol. The first-order chi connectivity index (χ1) is 9.78. The van der Waals surface area contributed by atoms with Gasteiger partial charge in [-0.1, -0.05) is 18.6 Å². The quantitative estimate of drug-likeness (QED) is 0.620. The van der Waals surface area contributed by atoms with Gasteiger partial charge in [-0.05, 0) is 56.5 Å². The van der Waals surface area contributed by atoms with Crippen molar-refractivity contribution in [2.45, 2.75) is 43.0 Å². The number of nitrogens with zero attached hydrogens (tertiary/aromatic N) is 1. The number of Topliss-reactive ketones (excluding diaryl/α,β-unsaturated/α-hetero) is 1. The molecule has 2 unspecified atom stereocenters. The van der Waals surface area contributed by atoms with Gasteiger partial charge in [0.25, 0.3) is 0 Å². The lowest BCUT2D eigenvalue weighted by atomic mass is 9.91. The molecule has 1 aliphatic heterocycles. The third-order valence-electron chi connectivity index (χ3n) is 4.87. The van der Waals surface area contributed by atoms with Gasteiger partial charge in [0.1, 0.15) is 0 Å². The summed E-state index contributed by atoms with van der Waals surface area (Å²) in [5.41, 5.74) is 0.864. The highest BCUT2D eigenvalue weighted by Crippen LogP contribution is 2.36. The third kappa shape index (κ3) is 2.94. The molecule has 20 heavy (non-hydrogen) atoms. The molecule has 1 aromatic carbocycles. The van der Waals surface area contributed by atoms with Crippen LogP contribution in [0.3, 0.4) is 0 Å². The van der Waals surface area contributed by atoms with Gasteiger partial charge in [-0.15, -0.1) is 11.8 Å². The molecule has 3 heteroatoms. The van der Waals surface area contributed by atoms with Crippen molar-refractivity contribution in [3.8, 4) is 0 Å². The fraction of sp³-hybridized carbons (Fsp3) is 0.588. The fourth-order valence-electron chi connectivity index (χ4n) is 3.81. The Morgan fingerprint density at radius 1 is 1.20 bits per heavy atom. The molecule has 1 aliphatic carbocycles. The van der Waals surface area contributed by atoms with Crippen LogP contribution in [-0.2, 0) is 0 Å². The Kier molecular flexibility index (Phi) is 4.47. The first kappa shape index (κ1) is 14.2. The molecule has 108 valence electrons. The van der Waals surface area contributed by atoms with Crippen molar-refractivity contribution >= 4 is 17.5 Å². The number of fused-ring (bicyclic) bond motifs is 1. The molecular weight excluding hydrogens is 266 g/mol. The summed E-state index contributed by atoms with van der Waals surface area (Å²) >= 11 is 1.72. The summed E-state index contributed by atoms with van der Waals surface area (Å²) in [5.74, 6) is 1.14. The minimum Gasteiger partial charge on any atom is -0.293 e.